The monoisotopic (exact) mass is 296 g/mol. The summed E-state index contributed by atoms with van der Waals surface area (Å²) < 4.78 is 3.99. The van der Waals surface area contributed by atoms with E-state index in [1.54, 1.807) is 0 Å². The first-order valence-electron chi connectivity index (χ1n) is 6.97. The van der Waals surface area contributed by atoms with Crippen LogP contribution in [0.2, 0.25) is 0 Å². The molecule has 1 saturated carbocycles. The SMILES string of the molecule is CCNC(=O)c1nsc(C(=O)NC2CCCCC2)c1N. The number of nitrogens with one attached hydrogen (secondary N) is 2. The second-order valence-corrected chi connectivity index (χ2v) is 5.72. The molecule has 1 aliphatic rings. The van der Waals surface area contributed by atoms with Gasteiger partial charge in [0.05, 0.1) is 5.69 Å². The molecular weight excluding hydrogens is 276 g/mol. The average Bonchev–Trinajstić information content (AvgIpc) is 2.82. The van der Waals surface area contributed by atoms with E-state index in [4.69, 9.17) is 5.73 Å². The van der Waals surface area contributed by atoms with Crippen molar-refractivity contribution >= 4 is 29.0 Å². The number of amides is 2. The van der Waals surface area contributed by atoms with Crippen molar-refractivity contribution in [1.82, 2.24) is 15.0 Å². The molecule has 0 aliphatic heterocycles. The third kappa shape index (κ3) is 3.27. The van der Waals surface area contributed by atoms with Gasteiger partial charge in [0.25, 0.3) is 11.8 Å². The number of hydrogen-bond donors (Lipinski definition) is 3. The van der Waals surface area contributed by atoms with E-state index in [2.05, 4.69) is 15.0 Å². The van der Waals surface area contributed by atoms with Crippen LogP contribution in [0, 0.1) is 0 Å². The summed E-state index contributed by atoms with van der Waals surface area (Å²) in [6.07, 6.45) is 5.54. The van der Waals surface area contributed by atoms with Gasteiger partial charge in [-0.1, -0.05) is 19.3 Å². The number of nitrogens with zero attached hydrogens (tertiary/aromatic N) is 1. The van der Waals surface area contributed by atoms with Crippen LogP contribution in [0.4, 0.5) is 5.69 Å². The average molecular weight is 296 g/mol. The molecule has 1 fully saturated rings. The van der Waals surface area contributed by atoms with E-state index in [0.29, 0.717) is 11.4 Å². The number of nitrogens with two attached hydrogens (primary N) is 1. The molecule has 1 aromatic heterocycles. The van der Waals surface area contributed by atoms with Crippen LogP contribution >= 0.6 is 11.5 Å². The largest absolute Gasteiger partial charge is 0.395 e. The van der Waals surface area contributed by atoms with E-state index in [1.807, 2.05) is 6.92 Å². The second-order valence-electron chi connectivity index (χ2n) is 4.94. The Kier molecular flexibility index (Phi) is 4.94. The zero-order valence-electron chi connectivity index (χ0n) is 11.6. The Bertz CT molecular complexity index is 495. The van der Waals surface area contributed by atoms with Gasteiger partial charge in [0.15, 0.2) is 5.69 Å². The Morgan fingerprint density at radius 2 is 2.00 bits per heavy atom. The molecule has 1 aliphatic carbocycles. The molecular formula is C13H20N4O2S. The fourth-order valence-corrected chi connectivity index (χ4v) is 3.07. The Labute approximate surface area is 122 Å². The molecule has 0 saturated heterocycles. The Balaban J connectivity index is 2.04. The van der Waals surface area contributed by atoms with Crippen LogP contribution in [0.25, 0.3) is 0 Å². The van der Waals surface area contributed by atoms with Crippen LogP contribution in [-0.2, 0) is 0 Å². The second kappa shape index (κ2) is 6.69. The minimum absolute atomic E-state index is 0.144. The Morgan fingerprint density at radius 3 is 2.65 bits per heavy atom. The van der Waals surface area contributed by atoms with Crippen LogP contribution in [0.1, 0.15) is 59.2 Å². The van der Waals surface area contributed by atoms with Crippen LogP contribution in [0.15, 0.2) is 0 Å². The highest BCUT2D eigenvalue weighted by atomic mass is 32.1. The third-order valence-corrected chi connectivity index (χ3v) is 4.29. The van der Waals surface area contributed by atoms with E-state index in [-0.39, 0.29) is 29.2 Å². The quantitative estimate of drug-likeness (QED) is 0.785. The first-order chi connectivity index (χ1) is 9.63. The van der Waals surface area contributed by atoms with E-state index < -0.39 is 0 Å². The summed E-state index contributed by atoms with van der Waals surface area (Å²) in [4.78, 5) is 24.2. The zero-order chi connectivity index (χ0) is 14.5. The highest BCUT2D eigenvalue weighted by Crippen LogP contribution is 2.23. The number of carbonyl (C=O) groups is 2. The topological polar surface area (TPSA) is 97.1 Å². The van der Waals surface area contributed by atoms with Gasteiger partial charge in [-0.05, 0) is 31.3 Å². The van der Waals surface area contributed by atoms with Gasteiger partial charge in [0, 0.05) is 12.6 Å². The van der Waals surface area contributed by atoms with Crippen molar-refractivity contribution in [3.63, 3.8) is 0 Å². The van der Waals surface area contributed by atoms with E-state index in [1.165, 1.54) is 6.42 Å². The molecule has 0 aromatic carbocycles. The van der Waals surface area contributed by atoms with Crippen LogP contribution in [0.3, 0.4) is 0 Å². The molecule has 1 heterocycles. The summed E-state index contributed by atoms with van der Waals surface area (Å²) in [7, 11) is 0. The summed E-state index contributed by atoms with van der Waals surface area (Å²) >= 11 is 0.979. The van der Waals surface area contributed by atoms with Crippen molar-refractivity contribution in [2.45, 2.75) is 45.1 Å². The molecule has 1 aromatic rings. The van der Waals surface area contributed by atoms with Crippen molar-refractivity contribution in [2.24, 2.45) is 0 Å². The minimum Gasteiger partial charge on any atom is -0.395 e. The lowest BCUT2D eigenvalue weighted by Crippen LogP contribution is -2.36. The van der Waals surface area contributed by atoms with Crippen LogP contribution < -0.4 is 16.4 Å². The Morgan fingerprint density at radius 1 is 1.30 bits per heavy atom. The van der Waals surface area contributed by atoms with Crippen molar-refractivity contribution in [3.05, 3.63) is 10.6 Å². The van der Waals surface area contributed by atoms with Gasteiger partial charge >= 0.3 is 0 Å². The molecule has 0 atom stereocenters. The number of anilines is 1. The molecule has 4 N–H and O–H groups in total. The lowest BCUT2D eigenvalue weighted by molar-refractivity contribution is 0.0932. The van der Waals surface area contributed by atoms with Crippen molar-refractivity contribution in [2.75, 3.05) is 12.3 Å². The maximum atomic E-state index is 12.2. The fraction of sp³-hybridized carbons (Fsp3) is 0.615. The standard InChI is InChI=1S/C13H20N4O2S/c1-2-15-12(18)10-9(14)11(20-17-10)13(19)16-8-6-4-3-5-7-8/h8H,2-7,14H2,1H3,(H,15,18)(H,16,19). The van der Waals surface area contributed by atoms with E-state index >= 15 is 0 Å². The Hall–Kier alpha value is -1.63. The summed E-state index contributed by atoms with van der Waals surface area (Å²) in [6.45, 7) is 2.32. The molecule has 20 heavy (non-hydrogen) atoms. The van der Waals surface area contributed by atoms with Gasteiger partial charge in [-0.2, -0.15) is 4.37 Å². The van der Waals surface area contributed by atoms with Gasteiger partial charge in [-0.15, -0.1) is 0 Å². The predicted molar refractivity (Wildman–Crippen MR) is 78.9 cm³/mol. The molecule has 0 spiro atoms. The predicted octanol–water partition coefficient (Wildman–Crippen LogP) is 1.54. The van der Waals surface area contributed by atoms with E-state index in [9.17, 15) is 9.59 Å². The van der Waals surface area contributed by atoms with Gasteiger partial charge in [-0.3, -0.25) is 9.59 Å². The first kappa shape index (κ1) is 14.8. The maximum Gasteiger partial charge on any atom is 0.273 e. The minimum atomic E-state index is -0.335. The molecule has 6 nitrogen and oxygen atoms in total. The van der Waals surface area contributed by atoms with Crippen LogP contribution in [0.5, 0.6) is 0 Å². The molecule has 0 bridgehead atoms. The zero-order valence-corrected chi connectivity index (χ0v) is 12.4. The highest BCUT2D eigenvalue weighted by molar-refractivity contribution is 7.09. The van der Waals surface area contributed by atoms with E-state index in [0.717, 1.165) is 37.2 Å². The lowest BCUT2D eigenvalue weighted by Gasteiger charge is -2.22. The first-order valence-corrected chi connectivity index (χ1v) is 7.75. The molecule has 110 valence electrons. The summed E-state index contributed by atoms with van der Waals surface area (Å²) in [5.41, 5.74) is 6.19. The van der Waals surface area contributed by atoms with Crippen molar-refractivity contribution in [3.8, 4) is 0 Å². The highest BCUT2D eigenvalue weighted by Gasteiger charge is 2.24. The lowest BCUT2D eigenvalue weighted by atomic mass is 9.95. The number of nitrogen functional groups attached to an aromatic ring is 1. The fourth-order valence-electron chi connectivity index (χ4n) is 2.37. The molecule has 2 rings (SSSR count). The number of carbonyl (C=O) groups excluding carboxylic acids is 2. The number of hydrogen-bond acceptors (Lipinski definition) is 5. The molecule has 7 heteroatoms. The summed E-state index contributed by atoms with van der Waals surface area (Å²) in [5, 5.41) is 5.61. The summed E-state index contributed by atoms with van der Waals surface area (Å²) in [5.74, 6) is -0.555. The van der Waals surface area contributed by atoms with Gasteiger partial charge in [0.1, 0.15) is 4.88 Å². The molecule has 2 amide bonds. The molecule has 0 radical (unpaired) electrons. The number of aromatic nitrogens is 1. The van der Waals surface area contributed by atoms with Gasteiger partial charge in [0.2, 0.25) is 0 Å². The maximum absolute atomic E-state index is 12.2. The smallest absolute Gasteiger partial charge is 0.273 e. The molecule has 0 unspecified atom stereocenters. The third-order valence-electron chi connectivity index (χ3n) is 3.43. The van der Waals surface area contributed by atoms with Crippen molar-refractivity contribution < 1.29 is 9.59 Å². The summed E-state index contributed by atoms with van der Waals surface area (Å²) in [6, 6.07) is 0.214. The van der Waals surface area contributed by atoms with Gasteiger partial charge < -0.3 is 16.4 Å². The number of rotatable bonds is 4. The normalized spacial score (nSPS) is 15.8. The van der Waals surface area contributed by atoms with Crippen molar-refractivity contribution in [1.29, 1.82) is 0 Å². The van der Waals surface area contributed by atoms with Gasteiger partial charge in [-0.25, -0.2) is 0 Å². The van der Waals surface area contributed by atoms with Crippen LogP contribution in [-0.4, -0.2) is 28.8 Å².